The zero-order valence-corrected chi connectivity index (χ0v) is 13.6. The first kappa shape index (κ1) is 15.7. The van der Waals surface area contributed by atoms with E-state index in [-0.39, 0.29) is 5.60 Å². The van der Waals surface area contributed by atoms with Crippen molar-refractivity contribution in [2.24, 2.45) is 5.92 Å². The lowest BCUT2D eigenvalue weighted by Gasteiger charge is -2.38. The summed E-state index contributed by atoms with van der Waals surface area (Å²) in [4.78, 5) is 0. The van der Waals surface area contributed by atoms with Gasteiger partial charge in [-0.3, -0.25) is 0 Å². The van der Waals surface area contributed by atoms with Crippen LogP contribution in [0.4, 0.5) is 0 Å². The minimum Gasteiger partial charge on any atom is -0.374 e. The van der Waals surface area contributed by atoms with Gasteiger partial charge >= 0.3 is 0 Å². The van der Waals surface area contributed by atoms with E-state index < -0.39 is 0 Å². The lowest BCUT2D eigenvalue weighted by molar-refractivity contribution is -0.0810. The SMILES string of the molecule is CCCC(CCC1CCOC2(CCSC2)C1)NCC. The van der Waals surface area contributed by atoms with Crippen LogP contribution in [0, 0.1) is 5.92 Å². The molecule has 3 heteroatoms. The summed E-state index contributed by atoms with van der Waals surface area (Å²) in [6.45, 7) is 6.63. The average Bonchev–Trinajstić information content (AvgIpc) is 2.85. The Bertz CT molecular complexity index is 247. The van der Waals surface area contributed by atoms with Crippen molar-refractivity contribution in [2.45, 2.75) is 70.4 Å². The van der Waals surface area contributed by atoms with Crippen LogP contribution in [0.25, 0.3) is 0 Å². The third-order valence-corrected chi connectivity index (χ3v) is 5.94. The molecule has 2 nitrogen and oxygen atoms in total. The van der Waals surface area contributed by atoms with Crippen LogP contribution < -0.4 is 5.32 Å². The Morgan fingerprint density at radius 3 is 2.95 bits per heavy atom. The summed E-state index contributed by atoms with van der Waals surface area (Å²) in [6.07, 6.45) is 9.29. The Kier molecular flexibility index (Phi) is 6.51. The first-order valence-electron chi connectivity index (χ1n) is 8.23. The summed E-state index contributed by atoms with van der Waals surface area (Å²) >= 11 is 2.08. The Labute approximate surface area is 123 Å². The van der Waals surface area contributed by atoms with Gasteiger partial charge in [0.2, 0.25) is 0 Å². The van der Waals surface area contributed by atoms with Crippen LogP contribution in [0.5, 0.6) is 0 Å². The van der Waals surface area contributed by atoms with Crippen molar-refractivity contribution in [3.63, 3.8) is 0 Å². The molecule has 0 aromatic heterocycles. The van der Waals surface area contributed by atoms with Crippen molar-refractivity contribution in [3.05, 3.63) is 0 Å². The van der Waals surface area contributed by atoms with Gasteiger partial charge in [-0.05, 0) is 56.7 Å². The van der Waals surface area contributed by atoms with Gasteiger partial charge in [-0.15, -0.1) is 0 Å². The summed E-state index contributed by atoms with van der Waals surface area (Å²) in [6, 6.07) is 0.742. The van der Waals surface area contributed by atoms with Crippen molar-refractivity contribution in [1.82, 2.24) is 5.32 Å². The molecule has 0 aliphatic carbocycles. The minimum absolute atomic E-state index is 0.270. The molecule has 2 fully saturated rings. The maximum absolute atomic E-state index is 6.12. The minimum atomic E-state index is 0.270. The average molecular weight is 285 g/mol. The van der Waals surface area contributed by atoms with Gasteiger partial charge in [-0.1, -0.05) is 20.3 Å². The van der Waals surface area contributed by atoms with Crippen molar-refractivity contribution in [3.8, 4) is 0 Å². The highest BCUT2D eigenvalue weighted by Crippen LogP contribution is 2.41. The van der Waals surface area contributed by atoms with Crippen LogP contribution in [0.1, 0.15) is 58.8 Å². The lowest BCUT2D eigenvalue weighted by atomic mass is 9.82. The molecule has 0 aromatic carbocycles. The van der Waals surface area contributed by atoms with Crippen molar-refractivity contribution >= 4 is 11.8 Å². The Morgan fingerprint density at radius 1 is 1.37 bits per heavy atom. The molecule has 0 amide bonds. The third-order valence-electron chi connectivity index (χ3n) is 4.72. The van der Waals surface area contributed by atoms with E-state index in [1.54, 1.807) is 0 Å². The van der Waals surface area contributed by atoms with Gasteiger partial charge in [-0.2, -0.15) is 11.8 Å². The van der Waals surface area contributed by atoms with Gasteiger partial charge in [0, 0.05) is 18.4 Å². The zero-order chi connectivity index (χ0) is 13.6. The zero-order valence-electron chi connectivity index (χ0n) is 12.7. The third kappa shape index (κ3) is 4.64. The summed E-state index contributed by atoms with van der Waals surface area (Å²) in [5.41, 5.74) is 0.270. The van der Waals surface area contributed by atoms with Crippen LogP contribution in [0.3, 0.4) is 0 Å². The Balaban J connectivity index is 1.75. The topological polar surface area (TPSA) is 21.3 Å². The number of hydrogen-bond donors (Lipinski definition) is 1. The molecule has 3 unspecified atom stereocenters. The van der Waals surface area contributed by atoms with E-state index in [9.17, 15) is 0 Å². The summed E-state index contributed by atoms with van der Waals surface area (Å²) < 4.78 is 6.12. The van der Waals surface area contributed by atoms with E-state index >= 15 is 0 Å². The fourth-order valence-corrected chi connectivity index (χ4v) is 5.04. The predicted molar refractivity (Wildman–Crippen MR) is 85.0 cm³/mol. The van der Waals surface area contributed by atoms with Crippen LogP contribution in [0.15, 0.2) is 0 Å². The number of nitrogens with one attached hydrogen (secondary N) is 1. The fourth-order valence-electron chi connectivity index (χ4n) is 3.66. The molecule has 0 aromatic rings. The molecule has 1 spiro atoms. The van der Waals surface area contributed by atoms with E-state index in [1.807, 2.05) is 0 Å². The molecule has 2 saturated heterocycles. The molecular formula is C16H31NOS. The second-order valence-corrected chi connectivity index (χ2v) is 7.42. The van der Waals surface area contributed by atoms with E-state index in [0.717, 1.165) is 25.1 Å². The Morgan fingerprint density at radius 2 is 2.26 bits per heavy atom. The van der Waals surface area contributed by atoms with Gasteiger partial charge in [-0.25, -0.2) is 0 Å². The molecular weight excluding hydrogens is 254 g/mol. The maximum Gasteiger partial charge on any atom is 0.0783 e. The predicted octanol–water partition coefficient (Wildman–Crippen LogP) is 3.85. The van der Waals surface area contributed by atoms with Gasteiger partial charge in [0.25, 0.3) is 0 Å². The monoisotopic (exact) mass is 285 g/mol. The van der Waals surface area contributed by atoms with Gasteiger partial charge < -0.3 is 10.1 Å². The number of hydrogen-bond acceptors (Lipinski definition) is 3. The number of rotatable bonds is 7. The molecule has 2 aliphatic heterocycles. The van der Waals surface area contributed by atoms with E-state index in [2.05, 4.69) is 30.9 Å². The Hall–Kier alpha value is 0.270. The van der Waals surface area contributed by atoms with E-state index in [1.165, 1.54) is 56.5 Å². The molecule has 2 aliphatic rings. The first-order valence-corrected chi connectivity index (χ1v) is 9.38. The van der Waals surface area contributed by atoms with Crippen molar-refractivity contribution < 1.29 is 4.74 Å². The first-order chi connectivity index (χ1) is 9.28. The largest absolute Gasteiger partial charge is 0.374 e. The van der Waals surface area contributed by atoms with Crippen LogP contribution in [0.2, 0.25) is 0 Å². The van der Waals surface area contributed by atoms with Crippen molar-refractivity contribution in [1.29, 1.82) is 0 Å². The standard InChI is InChI=1S/C16H31NOS/c1-3-5-15(17-4-2)7-6-14-8-10-18-16(12-14)9-11-19-13-16/h14-15,17H,3-13H2,1-2H3. The molecule has 0 saturated carbocycles. The quantitative estimate of drug-likeness (QED) is 0.768. The molecule has 112 valence electrons. The highest BCUT2D eigenvalue weighted by atomic mass is 32.2. The molecule has 0 radical (unpaired) electrons. The van der Waals surface area contributed by atoms with Gasteiger partial charge in [0.15, 0.2) is 0 Å². The number of thioether (sulfide) groups is 1. The maximum atomic E-state index is 6.12. The van der Waals surface area contributed by atoms with Crippen LogP contribution >= 0.6 is 11.8 Å². The normalized spacial score (nSPS) is 32.8. The fraction of sp³-hybridized carbons (Fsp3) is 1.00. The highest BCUT2D eigenvalue weighted by molar-refractivity contribution is 7.99. The number of ether oxygens (including phenoxy) is 1. The van der Waals surface area contributed by atoms with E-state index in [4.69, 9.17) is 4.74 Å². The van der Waals surface area contributed by atoms with Crippen LogP contribution in [-0.2, 0) is 4.74 Å². The molecule has 2 rings (SSSR count). The van der Waals surface area contributed by atoms with Crippen LogP contribution in [-0.4, -0.2) is 36.3 Å². The molecule has 1 N–H and O–H groups in total. The molecule has 19 heavy (non-hydrogen) atoms. The van der Waals surface area contributed by atoms with Gasteiger partial charge in [0.1, 0.15) is 0 Å². The summed E-state index contributed by atoms with van der Waals surface area (Å²) in [7, 11) is 0. The summed E-state index contributed by atoms with van der Waals surface area (Å²) in [5.74, 6) is 3.46. The molecule has 0 bridgehead atoms. The second-order valence-electron chi connectivity index (χ2n) is 6.31. The van der Waals surface area contributed by atoms with E-state index in [0.29, 0.717) is 0 Å². The second kappa shape index (κ2) is 7.90. The smallest absolute Gasteiger partial charge is 0.0783 e. The lowest BCUT2D eigenvalue weighted by Crippen LogP contribution is -2.40. The molecule has 3 atom stereocenters. The summed E-state index contributed by atoms with van der Waals surface area (Å²) in [5, 5.41) is 3.65. The van der Waals surface area contributed by atoms with Gasteiger partial charge in [0.05, 0.1) is 5.60 Å². The highest BCUT2D eigenvalue weighted by Gasteiger charge is 2.40. The molecule has 2 heterocycles. The van der Waals surface area contributed by atoms with Crippen molar-refractivity contribution in [2.75, 3.05) is 24.7 Å².